The molecule has 2 aliphatic carbocycles. The monoisotopic (exact) mass is 487 g/mol. The van der Waals surface area contributed by atoms with Crippen molar-refractivity contribution in [1.29, 1.82) is 0 Å². The predicted molar refractivity (Wildman–Crippen MR) is 120 cm³/mol. The van der Waals surface area contributed by atoms with Gasteiger partial charge in [0.25, 0.3) is 0 Å². The van der Waals surface area contributed by atoms with Gasteiger partial charge in [0.05, 0.1) is 0 Å². The van der Waals surface area contributed by atoms with Crippen molar-refractivity contribution in [2.75, 3.05) is 13.1 Å². The van der Waals surface area contributed by atoms with E-state index in [2.05, 4.69) is 17.6 Å². The lowest BCUT2D eigenvalue weighted by atomic mass is 9.53. The summed E-state index contributed by atoms with van der Waals surface area (Å²) in [5, 5.41) is 50.8. The van der Waals surface area contributed by atoms with Crippen molar-refractivity contribution in [2.45, 2.75) is 67.2 Å². The zero-order valence-corrected chi connectivity index (χ0v) is 18.9. The minimum atomic E-state index is -1.80. The highest BCUT2D eigenvalue weighted by molar-refractivity contribution is 5.73. The van der Waals surface area contributed by atoms with Gasteiger partial charge in [0.2, 0.25) is 0 Å². The molecule has 10 atom stereocenters. The van der Waals surface area contributed by atoms with Crippen LogP contribution in [0.25, 0.3) is 0 Å². The first-order valence-electron chi connectivity index (χ1n) is 11.9. The van der Waals surface area contributed by atoms with E-state index in [1.165, 1.54) is 0 Å². The highest BCUT2D eigenvalue weighted by Gasteiger charge is 2.65. The molecule has 2 fully saturated rings. The van der Waals surface area contributed by atoms with Gasteiger partial charge in [0, 0.05) is 29.5 Å². The zero-order valence-electron chi connectivity index (χ0n) is 18.9. The molecule has 0 unspecified atom stereocenters. The number of aliphatic carboxylic acids is 1. The summed E-state index contributed by atoms with van der Waals surface area (Å²) >= 11 is 0. The van der Waals surface area contributed by atoms with Crippen molar-refractivity contribution < 1.29 is 44.5 Å². The van der Waals surface area contributed by atoms with Crippen LogP contribution in [0.15, 0.2) is 36.9 Å². The second-order valence-electron chi connectivity index (χ2n) is 10.1. The summed E-state index contributed by atoms with van der Waals surface area (Å²) < 4.78 is 17.8. The van der Waals surface area contributed by atoms with Gasteiger partial charge >= 0.3 is 5.97 Å². The van der Waals surface area contributed by atoms with E-state index in [1.54, 1.807) is 6.07 Å². The standard InChI is InChI=1S/C25H29NO9/c1-2-8-26-9-7-25-12-4-6-15(33-24-19(30)17(28)18(29)21(35-24)23(31)32)22(25)34-20-14(27)5-3-11(16(20)25)10-13(12)26/h2-6,12-13,15,17-19,21-22,24,27-30H,1,7-10H2,(H,31,32)/t12-,13+,15-,17-,18-,19+,21-,22-,24+,25-/m0/s1. The van der Waals surface area contributed by atoms with Crippen LogP contribution < -0.4 is 4.74 Å². The highest BCUT2D eigenvalue weighted by Crippen LogP contribution is 2.62. The molecule has 188 valence electrons. The summed E-state index contributed by atoms with van der Waals surface area (Å²) in [6.07, 6.45) is -2.42. The molecule has 0 aromatic heterocycles. The average molecular weight is 488 g/mol. The molecule has 0 amide bonds. The third-order valence-corrected chi connectivity index (χ3v) is 8.44. The number of ether oxygens (including phenoxy) is 3. The fourth-order valence-corrected chi connectivity index (χ4v) is 6.94. The molecule has 10 nitrogen and oxygen atoms in total. The van der Waals surface area contributed by atoms with E-state index in [-0.39, 0.29) is 17.7 Å². The van der Waals surface area contributed by atoms with E-state index in [0.717, 1.165) is 37.1 Å². The number of benzene rings is 1. The van der Waals surface area contributed by atoms with Crippen LogP contribution in [0.1, 0.15) is 17.5 Å². The number of hydrogen-bond acceptors (Lipinski definition) is 9. The number of aromatic hydroxyl groups is 1. The van der Waals surface area contributed by atoms with E-state index in [9.17, 15) is 30.3 Å². The Hall–Kier alpha value is -2.47. The quantitative estimate of drug-likeness (QED) is 0.350. The number of nitrogens with zero attached hydrogens (tertiary/aromatic N) is 1. The van der Waals surface area contributed by atoms with E-state index in [0.29, 0.717) is 5.75 Å². The third kappa shape index (κ3) is 3.08. The Morgan fingerprint density at radius 1 is 1.23 bits per heavy atom. The molecule has 5 N–H and O–H groups in total. The van der Waals surface area contributed by atoms with Crippen molar-refractivity contribution in [1.82, 2.24) is 4.90 Å². The van der Waals surface area contributed by atoms with Gasteiger partial charge in [-0.05, 0) is 31.0 Å². The molecular weight excluding hydrogens is 458 g/mol. The number of carboxylic acids is 1. The van der Waals surface area contributed by atoms with Crippen molar-refractivity contribution in [2.24, 2.45) is 5.92 Å². The van der Waals surface area contributed by atoms with E-state index >= 15 is 0 Å². The van der Waals surface area contributed by atoms with Crippen LogP contribution in [-0.2, 0) is 26.1 Å². The highest BCUT2D eigenvalue weighted by atomic mass is 16.7. The summed E-state index contributed by atoms with van der Waals surface area (Å²) in [5.41, 5.74) is 1.62. The van der Waals surface area contributed by atoms with Crippen LogP contribution in [0.5, 0.6) is 11.5 Å². The molecule has 2 saturated heterocycles. The first kappa shape index (κ1) is 23.0. The first-order valence-corrected chi connectivity index (χ1v) is 11.9. The summed E-state index contributed by atoms with van der Waals surface area (Å²) in [7, 11) is 0. The van der Waals surface area contributed by atoms with Gasteiger partial charge in [-0.15, -0.1) is 6.58 Å². The normalized spacial score (nSPS) is 43.3. The number of phenols is 1. The Kier molecular flexibility index (Phi) is 5.26. The van der Waals surface area contributed by atoms with Gasteiger partial charge in [-0.25, -0.2) is 4.79 Å². The maximum atomic E-state index is 11.5. The van der Waals surface area contributed by atoms with Crippen LogP contribution >= 0.6 is 0 Å². The molecule has 2 bridgehead atoms. The average Bonchev–Trinajstić information content (AvgIpc) is 3.19. The van der Waals surface area contributed by atoms with Crippen molar-refractivity contribution in [3.63, 3.8) is 0 Å². The van der Waals surface area contributed by atoms with Gasteiger partial charge in [-0.3, -0.25) is 4.90 Å². The Labute approximate surface area is 201 Å². The number of likely N-dealkylation sites (tertiary alicyclic amines) is 1. The molecule has 0 radical (unpaired) electrons. The van der Waals surface area contributed by atoms with Crippen LogP contribution in [-0.4, -0.2) is 98.4 Å². The number of piperidine rings is 1. The van der Waals surface area contributed by atoms with Crippen LogP contribution in [0, 0.1) is 5.92 Å². The van der Waals surface area contributed by atoms with Crippen LogP contribution in [0.4, 0.5) is 0 Å². The number of carboxylic acid groups (broad SMARTS) is 1. The number of rotatable bonds is 5. The van der Waals surface area contributed by atoms with Crippen LogP contribution in [0.3, 0.4) is 0 Å². The molecule has 10 heteroatoms. The maximum absolute atomic E-state index is 11.5. The summed E-state index contributed by atoms with van der Waals surface area (Å²) in [6.45, 7) is 5.46. The Morgan fingerprint density at radius 2 is 2.03 bits per heavy atom. The third-order valence-electron chi connectivity index (χ3n) is 8.44. The molecule has 1 spiro atoms. The lowest BCUT2D eigenvalue weighted by Gasteiger charge is -2.57. The van der Waals surface area contributed by atoms with Gasteiger partial charge < -0.3 is 39.7 Å². The van der Waals surface area contributed by atoms with Crippen LogP contribution in [0.2, 0.25) is 0 Å². The van der Waals surface area contributed by atoms with Crippen molar-refractivity contribution in [3.8, 4) is 11.5 Å². The summed E-state index contributed by atoms with van der Waals surface area (Å²) in [6, 6.07) is 3.79. The van der Waals surface area contributed by atoms with Gasteiger partial charge in [0.15, 0.2) is 23.9 Å². The van der Waals surface area contributed by atoms with Gasteiger partial charge in [-0.2, -0.15) is 0 Å². The summed E-state index contributed by atoms with van der Waals surface area (Å²) in [4.78, 5) is 13.9. The predicted octanol–water partition coefficient (Wildman–Crippen LogP) is -0.329. The second kappa shape index (κ2) is 8.02. The smallest absolute Gasteiger partial charge is 0.335 e. The number of aliphatic hydroxyl groups is 3. The minimum Gasteiger partial charge on any atom is -0.504 e. The molecule has 3 aliphatic heterocycles. The molecular formula is C25H29NO9. The number of aliphatic hydroxyl groups excluding tert-OH is 3. The van der Waals surface area contributed by atoms with E-state index < -0.39 is 54.3 Å². The Bertz CT molecular complexity index is 1090. The topological polar surface area (TPSA) is 149 Å². The van der Waals surface area contributed by atoms with E-state index in [1.807, 2.05) is 18.2 Å². The van der Waals surface area contributed by atoms with Crippen molar-refractivity contribution >= 4 is 5.97 Å². The lowest BCUT2D eigenvalue weighted by Crippen LogP contribution is -2.67. The first-order chi connectivity index (χ1) is 16.8. The zero-order chi connectivity index (χ0) is 24.6. The fourth-order valence-electron chi connectivity index (χ4n) is 6.94. The SMILES string of the molecule is C=CCN1CC[C@]23c4c5ccc(O)c4O[C@H]2[C@@H](O[C@@H]2O[C@H](C(=O)O)[C@@H](O)[C@H](O)[C@H]2O)C=C[C@H]3[C@H]1C5. The molecule has 35 heavy (non-hydrogen) atoms. The summed E-state index contributed by atoms with van der Waals surface area (Å²) in [5.74, 6) is -0.892. The van der Waals surface area contributed by atoms with Gasteiger partial charge in [0.1, 0.15) is 30.5 Å². The Balaban J connectivity index is 1.38. The molecule has 0 saturated carbocycles. The van der Waals surface area contributed by atoms with Crippen molar-refractivity contribution in [3.05, 3.63) is 48.1 Å². The molecule has 5 aliphatic rings. The minimum absolute atomic E-state index is 0.0513. The van der Waals surface area contributed by atoms with E-state index in [4.69, 9.17) is 14.2 Å². The Morgan fingerprint density at radius 3 is 2.77 bits per heavy atom. The lowest BCUT2D eigenvalue weighted by molar-refractivity contribution is -0.307. The van der Waals surface area contributed by atoms with Gasteiger partial charge in [-0.1, -0.05) is 24.3 Å². The number of phenolic OH excluding ortho intramolecular Hbond substituents is 1. The number of hydrogen-bond donors (Lipinski definition) is 5. The molecule has 1 aromatic carbocycles. The largest absolute Gasteiger partial charge is 0.504 e. The molecule has 6 rings (SSSR count). The molecule has 1 aromatic rings. The maximum Gasteiger partial charge on any atom is 0.335 e. The number of carbonyl (C=O) groups is 1. The second-order valence-corrected chi connectivity index (χ2v) is 10.1. The fraction of sp³-hybridized carbons (Fsp3) is 0.560. The molecule has 3 heterocycles.